The van der Waals surface area contributed by atoms with Crippen molar-refractivity contribution in [1.29, 1.82) is 0 Å². The lowest BCUT2D eigenvalue weighted by Gasteiger charge is -2.04. The van der Waals surface area contributed by atoms with Crippen LogP contribution in [0.25, 0.3) is 0 Å². The number of anilines is 2. The molecule has 6 heteroatoms. The smallest absolute Gasteiger partial charge is 0.357 e. The highest BCUT2D eigenvalue weighted by Crippen LogP contribution is 2.27. The minimum absolute atomic E-state index is 0.0574. The Morgan fingerprint density at radius 2 is 2.24 bits per heavy atom. The van der Waals surface area contributed by atoms with E-state index in [0.29, 0.717) is 5.00 Å². The van der Waals surface area contributed by atoms with Crippen LogP contribution in [0.4, 0.5) is 10.7 Å². The van der Waals surface area contributed by atoms with Gasteiger partial charge in [0.2, 0.25) is 0 Å². The van der Waals surface area contributed by atoms with Crippen molar-refractivity contribution < 1.29 is 9.90 Å². The molecule has 0 atom stereocenters. The van der Waals surface area contributed by atoms with Crippen molar-refractivity contribution in [3.8, 4) is 0 Å². The molecule has 0 saturated carbocycles. The van der Waals surface area contributed by atoms with Crippen molar-refractivity contribution in [2.75, 3.05) is 5.32 Å². The second kappa shape index (κ2) is 4.50. The summed E-state index contributed by atoms with van der Waals surface area (Å²) in [5.74, 6) is -1.03. The van der Waals surface area contributed by atoms with Gasteiger partial charge in [0, 0.05) is 17.6 Å². The number of aromatic carboxylic acids is 1. The molecule has 0 fully saturated rings. The average Bonchev–Trinajstić information content (AvgIpc) is 2.59. The number of hydrogen-bond acceptors (Lipinski definition) is 5. The van der Waals surface area contributed by atoms with E-state index in [2.05, 4.69) is 15.3 Å². The first-order valence-electron chi connectivity index (χ1n) is 4.96. The van der Waals surface area contributed by atoms with Crippen LogP contribution in [0.15, 0.2) is 18.3 Å². The van der Waals surface area contributed by atoms with Crippen LogP contribution < -0.4 is 5.32 Å². The molecule has 2 N–H and O–H groups in total. The minimum Gasteiger partial charge on any atom is -0.476 e. The molecule has 0 spiro atoms. The fourth-order valence-electron chi connectivity index (χ4n) is 1.41. The number of hydrogen-bond donors (Lipinski definition) is 2. The minimum atomic E-state index is -1.03. The number of pyridine rings is 1. The van der Waals surface area contributed by atoms with Crippen molar-refractivity contribution in [3.05, 3.63) is 34.7 Å². The number of rotatable bonds is 3. The van der Waals surface area contributed by atoms with Crippen LogP contribution >= 0.6 is 11.3 Å². The third kappa shape index (κ3) is 2.59. The van der Waals surface area contributed by atoms with Gasteiger partial charge in [-0.1, -0.05) is 0 Å². The van der Waals surface area contributed by atoms with E-state index in [9.17, 15) is 4.79 Å². The van der Waals surface area contributed by atoms with E-state index in [1.54, 1.807) is 19.2 Å². The first kappa shape index (κ1) is 11.5. The number of nitrogens with one attached hydrogen (secondary N) is 1. The third-order valence-electron chi connectivity index (χ3n) is 2.09. The Kier molecular flexibility index (Phi) is 3.06. The summed E-state index contributed by atoms with van der Waals surface area (Å²) >= 11 is 1.32. The molecule has 0 aliphatic rings. The number of thiazole rings is 1. The molecule has 0 unspecified atom stereocenters. The van der Waals surface area contributed by atoms with Crippen molar-refractivity contribution in [1.82, 2.24) is 9.97 Å². The molecule has 0 bridgehead atoms. The topological polar surface area (TPSA) is 75.1 Å². The highest BCUT2D eigenvalue weighted by atomic mass is 32.1. The quantitative estimate of drug-likeness (QED) is 0.874. The summed E-state index contributed by atoms with van der Waals surface area (Å²) in [7, 11) is 0. The van der Waals surface area contributed by atoms with E-state index in [1.165, 1.54) is 11.3 Å². The van der Waals surface area contributed by atoms with E-state index < -0.39 is 5.97 Å². The van der Waals surface area contributed by atoms with Gasteiger partial charge in [-0.2, -0.15) is 0 Å². The maximum atomic E-state index is 11.0. The number of nitrogens with zero attached hydrogens (tertiary/aromatic N) is 2. The Labute approximate surface area is 102 Å². The fourth-order valence-corrected chi connectivity index (χ4v) is 2.24. The van der Waals surface area contributed by atoms with E-state index in [0.717, 1.165) is 16.4 Å². The molecule has 2 rings (SSSR count). The van der Waals surface area contributed by atoms with Gasteiger partial charge >= 0.3 is 5.97 Å². The van der Waals surface area contributed by atoms with Gasteiger partial charge in [-0.15, -0.1) is 11.3 Å². The zero-order chi connectivity index (χ0) is 12.4. The van der Waals surface area contributed by atoms with Crippen molar-refractivity contribution in [2.45, 2.75) is 13.8 Å². The summed E-state index contributed by atoms with van der Waals surface area (Å²) in [6.45, 7) is 3.65. The van der Waals surface area contributed by atoms with Crippen LogP contribution in [0, 0.1) is 13.8 Å². The van der Waals surface area contributed by atoms with E-state index in [-0.39, 0.29) is 5.69 Å². The molecule has 2 heterocycles. The maximum absolute atomic E-state index is 11.0. The molecular formula is C11H11N3O2S. The van der Waals surface area contributed by atoms with Gasteiger partial charge in [-0.05, 0) is 26.0 Å². The van der Waals surface area contributed by atoms with E-state index in [4.69, 9.17) is 5.11 Å². The van der Waals surface area contributed by atoms with Gasteiger partial charge in [-0.25, -0.2) is 9.78 Å². The summed E-state index contributed by atoms with van der Waals surface area (Å²) in [5.41, 5.74) is 1.73. The van der Waals surface area contributed by atoms with Crippen LogP contribution in [0.5, 0.6) is 0 Å². The SMILES string of the molecule is Cc1cc(Nc2sc(C)nc2C(=O)O)ccn1. The summed E-state index contributed by atoms with van der Waals surface area (Å²) in [6.07, 6.45) is 1.67. The predicted octanol–water partition coefficient (Wildman–Crippen LogP) is 2.60. The first-order valence-corrected chi connectivity index (χ1v) is 5.78. The van der Waals surface area contributed by atoms with Crippen LogP contribution in [0.3, 0.4) is 0 Å². The monoisotopic (exact) mass is 249 g/mol. The highest BCUT2D eigenvalue weighted by molar-refractivity contribution is 7.16. The molecule has 0 aromatic carbocycles. The fraction of sp³-hybridized carbons (Fsp3) is 0.182. The highest BCUT2D eigenvalue weighted by Gasteiger charge is 2.15. The molecule has 2 aromatic heterocycles. The molecule has 5 nitrogen and oxygen atoms in total. The second-order valence-electron chi connectivity index (χ2n) is 3.53. The van der Waals surface area contributed by atoms with Gasteiger partial charge in [0.15, 0.2) is 5.69 Å². The molecule has 0 amide bonds. The van der Waals surface area contributed by atoms with E-state index >= 15 is 0 Å². The Balaban J connectivity index is 2.32. The summed E-state index contributed by atoms with van der Waals surface area (Å²) in [6, 6.07) is 3.63. The standard InChI is InChI=1S/C11H11N3O2S/c1-6-5-8(3-4-12-6)14-10-9(11(15)16)13-7(2)17-10/h3-5H,1-2H3,(H,12,14)(H,15,16). The Bertz CT molecular complexity index is 566. The van der Waals surface area contributed by atoms with Crippen LogP contribution in [-0.2, 0) is 0 Å². The lowest BCUT2D eigenvalue weighted by Crippen LogP contribution is -2.01. The van der Waals surface area contributed by atoms with Crippen molar-refractivity contribution >= 4 is 28.0 Å². The van der Waals surface area contributed by atoms with Crippen LogP contribution in [0.1, 0.15) is 21.2 Å². The molecule has 0 aliphatic heterocycles. The number of aromatic nitrogens is 2. The molecule has 88 valence electrons. The van der Waals surface area contributed by atoms with Crippen LogP contribution in [-0.4, -0.2) is 21.0 Å². The number of carbonyl (C=O) groups is 1. The average molecular weight is 249 g/mol. The normalized spacial score (nSPS) is 10.2. The van der Waals surface area contributed by atoms with Gasteiger partial charge in [-0.3, -0.25) is 4.98 Å². The van der Waals surface area contributed by atoms with E-state index in [1.807, 2.05) is 13.0 Å². The van der Waals surface area contributed by atoms with Crippen LogP contribution in [0.2, 0.25) is 0 Å². The largest absolute Gasteiger partial charge is 0.476 e. The molecule has 0 saturated heterocycles. The Morgan fingerprint density at radius 3 is 2.88 bits per heavy atom. The molecule has 2 aromatic rings. The summed E-state index contributed by atoms with van der Waals surface area (Å²) in [5, 5.41) is 13.3. The maximum Gasteiger partial charge on any atom is 0.357 e. The zero-order valence-electron chi connectivity index (χ0n) is 9.39. The predicted molar refractivity (Wildman–Crippen MR) is 66.1 cm³/mol. The summed E-state index contributed by atoms with van der Waals surface area (Å²) in [4.78, 5) is 19.0. The molecule has 17 heavy (non-hydrogen) atoms. The molecular weight excluding hydrogens is 238 g/mol. The molecule has 0 radical (unpaired) electrons. The van der Waals surface area contributed by atoms with Crippen molar-refractivity contribution in [3.63, 3.8) is 0 Å². The lowest BCUT2D eigenvalue weighted by atomic mass is 10.3. The van der Waals surface area contributed by atoms with Gasteiger partial charge in [0.1, 0.15) is 5.00 Å². The number of aryl methyl sites for hydroxylation is 2. The summed E-state index contributed by atoms with van der Waals surface area (Å²) < 4.78 is 0. The van der Waals surface area contributed by atoms with Gasteiger partial charge in [0.25, 0.3) is 0 Å². The Hall–Kier alpha value is -1.95. The van der Waals surface area contributed by atoms with Gasteiger partial charge in [0.05, 0.1) is 5.01 Å². The number of carboxylic acid groups (broad SMARTS) is 1. The van der Waals surface area contributed by atoms with Crippen molar-refractivity contribution in [2.24, 2.45) is 0 Å². The lowest BCUT2D eigenvalue weighted by molar-refractivity contribution is 0.0692. The third-order valence-corrected chi connectivity index (χ3v) is 2.98. The zero-order valence-corrected chi connectivity index (χ0v) is 10.2. The number of carboxylic acids is 1. The van der Waals surface area contributed by atoms with Gasteiger partial charge < -0.3 is 10.4 Å². The second-order valence-corrected chi connectivity index (χ2v) is 4.73. The first-order chi connectivity index (χ1) is 8.06. The Morgan fingerprint density at radius 1 is 1.47 bits per heavy atom. The molecule has 0 aliphatic carbocycles.